The van der Waals surface area contributed by atoms with Gasteiger partial charge in [-0.25, -0.2) is 0 Å². The van der Waals surface area contributed by atoms with Crippen LogP contribution in [0.5, 0.6) is 0 Å². The molecule has 2 aromatic carbocycles. The lowest BCUT2D eigenvalue weighted by molar-refractivity contribution is -0.384. The van der Waals surface area contributed by atoms with Crippen LogP contribution in [-0.4, -0.2) is 23.1 Å². The first kappa shape index (κ1) is 16.3. The van der Waals surface area contributed by atoms with E-state index >= 15 is 0 Å². The molecule has 1 saturated carbocycles. The van der Waals surface area contributed by atoms with E-state index in [0.29, 0.717) is 17.4 Å². The van der Waals surface area contributed by atoms with Crippen molar-refractivity contribution in [2.75, 3.05) is 16.9 Å². The molecule has 0 heterocycles. The van der Waals surface area contributed by atoms with Crippen LogP contribution in [0.25, 0.3) is 0 Å². The van der Waals surface area contributed by atoms with Crippen LogP contribution in [0.4, 0.5) is 17.1 Å². The van der Waals surface area contributed by atoms with Gasteiger partial charge >= 0.3 is 0 Å². The summed E-state index contributed by atoms with van der Waals surface area (Å²) in [6.45, 7) is 0. The largest absolute Gasteiger partial charge is 0.377 e. The van der Waals surface area contributed by atoms with Gasteiger partial charge in [0.2, 0.25) is 0 Å². The molecule has 0 bridgehead atoms. The van der Waals surface area contributed by atoms with Crippen molar-refractivity contribution in [2.45, 2.75) is 23.8 Å². The number of benzene rings is 2. The van der Waals surface area contributed by atoms with E-state index in [2.05, 4.69) is 10.6 Å². The van der Waals surface area contributed by atoms with Crippen LogP contribution in [0.2, 0.25) is 0 Å². The van der Waals surface area contributed by atoms with Gasteiger partial charge in [0.15, 0.2) is 0 Å². The minimum atomic E-state index is -0.464. The summed E-state index contributed by atoms with van der Waals surface area (Å²) in [5, 5.41) is 17.1. The summed E-state index contributed by atoms with van der Waals surface area (Å²) in [5.41, 5.74) is 1.30. The van der Waals surface area contributed by atoms with Gasteiger partial charge in [0, 0.05) is 28.3 Å². The predicted molar refractivity (Wildman–Crippen MR) is 95.9 cm³/mol. The maximum atomic E-state index is 12.3. The first-order valence-electron chi connectivity index (χ1n) is 7.57. The molecule has 0 spiro atoms. The summed E-state index contributed by atoms with van der Waals surface area (Å²) >= 11 is 1.61. The standard InChI is InChI=1S/C17H17N3O3S/c1-24-14-7-5-13(6-8-14)19-17(21)11-2-9-15(18-12-3-4-12)16(10-11)20(22)23/h2,5-10,12,18H,3-4H2,1H3,(H,19,21). The Bertz CT molecular complexity index is 773. The quantitative estimate of drug-likeness (QED) is 0.468. The van der Waals surface area contributed by atoms with E-state index in [0.717, 1.165) is 17.7 Å². The number of nitro groups is 1. The van der Waals surface area contributed by atoms with Crippen molar-refractivity contribution >= 4 is 34.7 Å². The van der Waals surface area contributed by atoms with Crippen molar-refractivity contribution in [3.8, 4) is 0 Å². The van der Waals surface area contributed by atoms with Crippen molar-refractivity contribution in [3.05, 3.63) is 58.1 Å². The zero-order chi connectivity index (χ0) is 17.1. The van der Waals surface area contributed by atoms with Gasteiger partial charge in [-0.3, -0.25) is 14.9 Å². The van der Waals surface area contributed by atoms with Crippen molar-refractivity contribution in [3.63, 3.8) is 0 Å². The minimum Gasteiger partial charge on any atom is -0.377 e. The molecule has 2 aromatic rings. The summed E-state index contributed by atoms with van der Waals surface area (Å²) in [6.07, 6.45) is 4.01. The molecule has 0 aliphatic heterocycles. The average Bonchev–Trinajstić information content (AvgIpc) is 3.39. The fourth-order valence-corrected chi connectivity index (χ4v) is 2.68. The van der Waals surface area contributed by atoms with Crippen LogP contribution in [0.1, 0.15) is 23.2 Å². The Morgan fingerprint density at radius 3 is 2.50 bits per heavy atom. The second-order valence-electron chi connectivity index (χ2n) is 5.59. The van der Waals surface area contributed by atoms with Gasteiger partial charge in [-0.15, -0.1) is 11.8 Å². The van der Waals surface area contributed by atoms with E-state index in [1.54, 1.807) is 36.0 Å². The van der Waals surface area contributed by atoms with Gasteiger partial charge in [0.1, 0.15) is 5.69 Å². The number of thioether (sulfide) groups is 1. The third-order valence-electron chi connectivity index (χ3n) is 3.74. The summed E-state index contributed by atoms with van der Waals surface area (Å²) in [5.74, 6) is -0.368. The highest BCUT2D eigenvalue weighted by Crippen LogP contribution is 2.31. The van der Waals surface area contributed by atoms with E-state index in [1.165, 1.54) is 6.07 Å². The molecular formula is C17H17N3O3S. The van der Waals surface area contributed by atoms with Gasteiger partial charge in [0.25, 0.3) is 11.6 Å². The summed E-state index contributed by atoms with van der Waals surface area (Å²) in [4.78, 5) is 24.2. The highest BCUT2D eigenvalue weighted by Gasteiger charge is 2.25. The van der Waals surface area contributed by atoms with Crippen LogP contribution < -0.4 is 10.6 Å². The van der Waals surface area contributed by atoms with Gasteiger partial charge in [-0.2, -0.15) is 0 Å². The number of anilines is 2. The van der Waals surface area contributed by atoms with Crippen LogP contribution >= 0.6 is 11.8 Å². The molecule has 24 heavy (non-hydrogen) atoms. The topological polar surface area (TPSA) is 84.3 Å². The third-order valence-corrected chi connectivity index (χ3v) is 4.49. The highest BCUT2D eigenvalue weighted by molar-refractivity contribution is 7.98. The zero-order valence-corrected chi connectivity index (χ0v) is 13.9. The fourth-order valence-electron chi connectivity index (χ4n) is 2.27. The lowest BCUT2D eigenvalue weighted by Crippen LogP contribution is -2.13. The normalized spacial score (nSPS) is 13.4. The number of hydrogen-bond donors (Lipinski definition) is 2. The molecule has 0 radical (unpaired) electrons. The summed E-state index contributed by atoms with van der Waals surface area (Å²) in [6, 6.07) is 12.2. The van der Waals surface area contributed by atoms with Gasteiger partial charge in [-0.1, -0.05) is 0 Å². The van der Waals surface area contributed by atoms with Crippen molar-refractivity contribution in [1.29, 1.82) is 0 Å². The van der Waals surface area contributed by atoms with E-state index < -0.39 is 4.92 Å². The minimum absolute atomic E-state index is 0.0766. The van der Waals surface area contributed by atoms with Gasteiger partial charge < -0.3 is 10.6 Å². The van der Waals surface area contributed by atoms with Crippen molar-refractivity contribution in [1.82, 2.24) is 0 Å². The first-order chi connectivity index (χ1) is 11.6. The Labute approximate surface area is 143 Å². The second-order valence-corrected chi connectivity index (χ2v) is 6.47. The SMILES string of the molecule is CSc1ccc(NC(=O)c2ccc(NC3CC3)c([N+](=O)[O-])c2)cc1. The van der Waals surface area contributed by atoms with Crippen molar-refractivity contribution in [2.24, 2.45) is 0 Å². The number of hydrogen-bond acceptors (Lipinski definition) is 5. The number of nitro benzene ring substituents is 1. The highest BCUT2D eigenvalue weighted by atomic mass is 32.2. The average molecular weight is 343 g/mol. The molecule has 7 heteroatoms. The Hall–Kier alpha value is -2.54. The fraction of sp³-hybridized carbons (Fsp3) is 0.235. The Kier molecular flexibility index (Phi) is 4.71. The molecule has 3 rings (SSSR count). The monoisotopic (exact) mass is 343 g/mol. The first-order valence-corrected chi connectivity index (χ1v) is 8.79. The number of nitrogens with one attached hydrogen (secondary N) is 2. The van der Waals surface area contributed by atoms with Crippen LogP contribution in [-0.2, 0) is 0 Å². The molecular weight excluding hydrogens is 326 g/mol. The van der Waals surface area contributed by atoms with E-state index in [1.807, 2.05) is 18.4 Å². The molecule has 1 amide bonds. The smallest absolute Gasteiger partial charge is 0.293 e. The number of amides is 1. The molecule has 1 aliphatic rings. The molecule has 6 nitrogen and oxygen atoms in total. The number of carbonyl (C=O) groups excluding carboxylic acids is 1. The molecule has 0 aromatic heterocycles. The summed E-state index contributed by atoms with van der Waals surface area (Å²) in [7, 11) is 0. The predicted octanol–water partition coefficient (Wildman–Crippen LogP) is 4.14. The molecule has 0 saturated heterocycles. The molecule has 124 valence electrons. The Morgan fingerprint density at radius 1 is 1.21 bits per heavy atom. The van der Waals surface area contributed by atoms with Gasteiger partial charge in [0.05, 0.1) is 4.92 Å². The van der Waals surface area contributed by atoms with E-state index in [4.69, 9.17) is 0 Å². The maximum Gasteiger partial charge on any atom is 0.293 e. The lowest BCUT2D eigenvalue weighted by atomic mass is 10.1. The molecule has 0 unspecified atom stereocenters. The van der Waals surface area contributed by atoms with Crippen molar-refractivity contribution < 1.29 is 9.72 Å². The van der Waals surface area contributed by atoms with E-state index in [-0.39, 0.29) is 17.2 Å². The summed E-state index contributed by atoms with van der Waals surface area (Å²) < 4.78 is 0. The molecule has 2 N–H and O–H groups in total. The second kappa shape index (κ2) is 6.92. The zero-order valence-electron chi connectivity index (χ0n) is 13.1. The Balaban J connectivity index is 1.78. The van der Waals surface area contributed by atoms with Crippen LogP contribution in [0, 0.1) is 10.1 Å². The van der Waals surface area contributed by atoms with Crippen LogP contribution in [0.3, 0.4) is 0 Å². The molecule has 1 aliphatic carbocycles. The number of rotatable bonds is 6. The molecule has 0 atom stereocenters. The number of carbonyl (C=O) groups is 1. The number of nitrogens with zero attached hydrogens (tertiary/aromatic N) is 1. The molecule has 1 fully saturated rings. The lowest BCUT2D eigenvalue weighted by Gasteiger charge is -2.09. The third kappa shape index (κ3) is 3.86. The Morgan fingerprint density at radius 2 is 1.92 bits per heavy atom. The maximum absolute atomic E-state index is 12.3. The van der Waals surface area contributed by atoms with Crippen LogP contribution in [0.15, 0.2) is 47.4 Å². The van der Waals surface area contributed by atoms with Gasteiger partial charge in [-0.05, 0) is 55.5 Å². The van der Waals surface area contributed by atoms with E-state index in [9.17, 15) is 14.9 Å².